The molecule has 3 aromatic rings. The molecule has 1 aliphatic rings. The molecule has 1 saturated heterocycles. The van der Waals surface area contributed by atoms with Gasteiger partial charge in [0.25, 0.3) is 5.91 Å². The van der Waals surface area contributed by atoms with Gasteiger partial charge in [0.1, 0.15) is 5.69 Å². The van der Waals surface area contributed by atoms with E-state index in [9.17, 15) is 21.6 Å². The Labute approximate surface area is 248 Å². The molecule has 1 aromatic heterocycles. The number of piperidine rings is 1. The number of likely N-dealkylation sites (tertiary alicyclic amines) is 1. The number of carbonyl (C=O) groups excluding carboxylic acids is 1. The van der Waals surface area contributed by atoms with Crippen LogP contribution in [0.5, 0.6) is 5.75 Å². The number of sulfonamides is 2. The first kappa shape index (κ1) is 31.8. The maximum absolute atomic E-state index is 13.7. The Morgan fingerprint density at radius 3 is 2.21 bits per heavy atom. The second-order valence-electron chi connectivity index (χ2n) is 12.1. The summed E-state index contributed by atoms with van der Waals surface area (Å²) in [5.41, 5.74) is 3.54. The van der Waals surface area contributed by atoms with Crippen LogP contribution in [-0.2, 0) is 39.1 Å². The van der Waals surface area contributed by atoms with Gasteiger partial charge in [-0.3, -0.25) is 14.4 Å². The van der Waals surface area contributed by atoms with Crippen molar-refractivity contribution < 1.29 is 26.4 Å². The first-order valence-corrected chi connectivity index (χ1v) is 17.5. The minimum absolute atomic E-state index is 0.0562. The van der Waals surface area contributed by atoms with Gasteiger partial charge in [-0.1, -0.05) is 39.0 Å². The Kier molecular flexibility index (Phi) is 8.98. The van der Waals surface area contributed by atoms with Crippen LogP contribution in [-0.4, -0.2) is 71.0 Å². The van der Waals surface area contributed by atoms with Crippen molar-refractivity contribution in [2.75, 3.05) is 42.7 Å². The van der Waals surface area contributed by atoms with Crippen molar-refractivity contribution in [1.29, 1.82) is 0 Å². The van der Waals surface area contributed by atoms with Crippen molar-refractivity contribution in [3.8, 4) is 5.75 Å². The van der Waals surface area contributed by atoms with Gasteiger partial charge in [0.15, 0.2) is 5.75 Å². The number of para-hydroxylation sites is 1. The average molecular weight is 620 g/mol. The van der Waals surface area contributed by atoms with Crippen LogP contribution in [0.15, 0.2) is 36.4 Å². The summed E-state index contributed by atoms with van der Waals surface area (Å²) in [5.74, 6) is -0.142. The summed E-state index contributed by atoms with van der Waals surface area (Å²) in [6, 6.07) is 11.3. The van der Waals surface area contributed by atoms with E-state index >= 15 is 0 Å². The van der Waals surface area contributed by atoms with Gasteiger partial charge in [0.05, 0.1) is 36.5 Å². The Hall–Kier alpha value is -3.13. The largest absolute Gasteiger partial charge is 0.492 e. The number of amides is 1. The van der Waals surface area contributed by atoms with Gasteiger partial charge in [-0.25, -0.2) is 21.6 Å². The second-order valence-corrected chi connectivity index (χ2v) is 15.6. The van der Waals surface area contributed by atoms with E-state index in [0.29, 0.717) is 17.9 Å². The summed E-state index contributed by atoms with van der Waals surface area (Å²) in [6.07, 6.45) is 3.72. The summed E-state index contributed by atoms with van der Waals surface area (Å²) in [7, 11) is -3.56. The van der Waals surface area contributed by atoms with Crippen molar-refractivity contribution in [2.45, 2.75) is 51.6 Å². The third-order valence-corrected chi connectivity index (χ3v) is 8.79. The Morgan fingerprint density at radius 2 is 1.64 bits per heavy atom. The van der Waals surface area contributed by atoms with Crippen LogP contribution in [0.1, 0.15) is 55.2 Å². The highest BCUT2D eigenvalue weighted by Gasteiger charge is 2.25. The molecule has 13 heteroatoms. The van der Waals surface area contributed by atoms with Gasteiger partial charge in [-0.05, 0) is 47.6 Å². The topological polar surface area (TPSA) is 139 Å². The summed E-state index contributed by atoms with van der Waals surface area (Å²) in [6.45, 7) is 8.19. The molecule has 0 atom stereocenters. The molecule has 0 spiro atoms. The fourth-order valence-electron chi connectivity index (χ4n) is 5.44. The number of ether oxygens (including phenoxy) is 1. The van der Waals surface area contributed by atoms with Crippen molar-refractivity contribution in [3.63, 3.8) is 0 Å². The van der Waals surface area contributed by atoms with Crippen LogP contribution in [0.4, 0.5) is 11.4 Å². The van der Waals surface area contributed by atoms with E-state index < -0.39 is 20.0 Å². The van der Waals surface area contributed by atoms with E-state index in [0.717, 1.165) is 54.2 Å². The van der Waals surface area contributed by atoms with Crippen LogP contribution in [0.2, 0.25) is 0 Å². The molecular weight excluding hydrogens is 578 g/mol. The number of aryl methyl sites for hydroxylation is 1. The molecule has 0 unspecified atom stereocenters. The van der Waals surface area contributed by atoms with Gasteiger partial charge in [0, 0.05) is 38.1 Å². The minimum atomic E-state index is -3.60. The van der Waals surface area contributed by atoms with Crippen LogP contribution < -0.4 is 19.5 Å². The number of anilines is 2. The predicted octanol–water partition coefficient (Wildman–Crippen LogP) is 3.62. The van der Waals surface area contributed by atoms with Crippen molar-refractivity contribution >= 4 is 48.2 Å². The van der Waals surface area contributed by atoms with Crippen molar-refractivity contribution in [3.05, 3.63) is 53.2 Å². The molecule has 230 valence electrons. The Morgan fingerprint density at radius 1 is 1.00 bits per heavy atom. The number of benzene rings is 2. The second kappa shape index (κ2) is 11.9. The highest BCUT2D eigenvalue weighted by atomic mass is 32.2. The summed E-state index contributed by atoms with van der Waals surface area (Å²) in [4.78, 5) is 16.0. The van der Waals surface area contributed by atoms with Crippen LogP contribution in [0.25, 0.3) is 10.9 Å². The maximum atomic E-state index is 13.7. The molecule has 1 amide bonds. The van der Waals surface area contributed by atoms with E-state index in [2.05, 4.69) is 19.7 Å². The molecule has 2 aromatic carbocycles. The number of fused-ring (bicyclic) bond motifs is 1. The van der Waals surface area contributed by atoms with E-state index in [-0.39, 0.29) is 28.8 Å². The lowest BCUT2D eigenvalue weighted by Gasteiger charge is -2.32. The first-order valence-electron chi connectivity index (χ1n) is 13.7. The standard InChI is InChI=1S/C29H41N5O6S2/c1-29(2,3)21-16-23(27(40-5)24(17-21)32-42(7,38)39)30-28(35)25-15-19-9-8-10-20(26(19)33(25)4)18-34-13-11-22(12-14-34)31-41(6,36)37/h8-10,15-17,22,31-32H,11-14,18H2,1-7H3,(H,30,35). The number of nitrogens with one attached hydrogen (secondary N) is 3. The molecular formula is C29H41N5O6S2. The van der Waals surface area contributed by atoms with Gasteiger partial charge in [-0.2, -0.15) is 0 Å². The first-order chi connectivity index (χ1) is 19.4. The molecule has 0 bridgehead atoms. The zero-order chi connectivity index (χ0) is 31.0. The summed E-state index contributed by atoms with van der Waals surface area (Å²) in [5, 5.41) is 3.88. The highest BCUT2D eigenvalue weighted by Crippen LogP contribution is 2.39. The Bertz CT molecular complexity index is 1700. The lowest BCUT2D eigenvalue weighted by Crippen LogP contribution is -2.44. The molecule has 2 heterocycles. The predicted molar refractivity (Wildman–Crippen MR) is 167 cm³/mol. The van der Waals surface area contributed by atoms with E-state index in [4.69, 9.17) is 4.74 Å². The third kappa shape index (κ3) is 7.63. The fraction of sp³-hybridized carbons (Fsp3) is 0.483. The van der Waals surface area contributed by atoms with E-state index in [1.165, 1.54) is 13.4 Å². The number of methoxy groups -OCH3 is 1. The lowest BCUT2D eigenvalue weighted by molar-refractivity contribution is 0.101. The van der Waals surface area contributed by atoms with Crippen LogP contribution in [0, 0.1) is 0 Å². The highest BCUT2D eigenvalue weighted by molar-refractivity contribution is 7.92. The average Bonchev–Trinajstić information content (AvgIpc) is 3.20. The summed E-state index contributed by atoms with van der Waals surface area (Å²) >= 11 is 0. The molecule has 0 aliphatic carbocycles. The van der Waals surface area contributed by atoms with Crippen molar-refractivity contribution in [2.24, 2.45) is 7.05 Å². The van der Waals surface area contributed by atoms with E-state index in [1.54, 1.807) is 12.1 Å². The van der Waals surface area contributed by atoms with Gasteiger partial charge < -0.3 is 14.6 Å². The summed E-state index contributed by atoms with van der Waals surface area (Å²) < 4.78 is 60.0. The number of aromatic nitrogens is 1. The van der Waals surface area contributed by atoms with Crippen LogP contribution in [0.3, 0.4) is 0 Å². The number of nitrogens with zero attached hydrogens (tertiary/aromatic N) is 2. The number of carbonyl (C=O) groups is 1. The monoisotopic (exact) mass is 619 g/mol. The molecule has 1 aliphatic heterocycles. The van der Waals surface area contributed by atoms with Gasteiger partial charge in [0.2, 0.25) is 20.0 Å². The Balaban J connectivity index is 1.62. The number of hydrogen-bond donors (Lipinski definition) is 3. The smallest absolute Gasteiger partial charge is 0.272 e. The maximum Gasteiger partial charge on any atom is 0.272 e. The molecule has 1 fully saturated rings. The lowest BCUT2D eigenvalue weighted by atomic mass is 9.86. The molecule has 11 nitrogen and oxygen atoms in total. The number of hydrogen-bond acceptors (Lipinski definition) is 7. The van der Waals surface area contributed by atoms with Crippen molar-refractivity contribution in [1.82, 2.24) is 14.2 Å². The third-order valence-electron chi connectivity index (χ3n) is 7.44. The van der Waals surface area contributed by atoms with E-state index in [1.807, 2.05) is 56.7 Å². The minimum Gasteiger partial charge on any atom is -0.492 e. The molecule has 42 heavy (non-hydrogen) atoms. The number of rotatable bonds is 9. The normalized spacial score (nSPS) is 15.6. The molecule has 0 radical (unpaired) electrons. The van der Waals surface area contributed by atoms with Gasteiger partial charge in [-0.15, -0.1) is 0 Å². The molecule has 3 N–H and O–H groups in total. The van der Waals surface area contributed by atoms with Gasteiger partial charge >= 0.3 is 0 Å². The zero-order valence-electron chi connectivity index (χ0n) is 25.2. The zero-order valence-corrected chi connectivity index (χ0v) is 26.9. The van der Waals surface area contributed by atoms with Crippen LogP contribution >= 0.6 is 0 Å². The quantitative estimate of drug-likeness (QED) is 0.333. The fourth-order valence-corrected chi connectivity index (χ4v) is 6.83. The SMILES string of the molecule is COc1c(NC(=O)c2cc3cccc(CN4CCC(NS(C)(=O)=O)CC4)c3n2C)cc(C(C)(C)C)cc1NS(C)(=O)=O. The molecule has 4 rings (SSSR count). The molecule has 0 saturated carbocycles.